The first kappa shape index (κ1) is 22.3. The van der Waals surface area contributed by atoms with Crippen LogP contribution in [0.2, 0.25) is 10.0 Å². The number of hydrogen-bond donors (Lipinski definition) is 1. The minimum atomic E-state index is -0.431. The summed E-state index contributed by atoms with van der Waals surface area (Å²) in [6.45, 7) is 0.800. The first-order valence-electron chi connectivity index (χ1n) is 10.3. The lowest BCUT2D eigenvalue weighted by atomic mass is 10.1. The van der Waals surface area contributed by atoms with Crippen molar-refractivity contribution in [1.82, 2.24) is 9.97 Å². The molecule has 3 aromatic carbocycles. The van der Waals surface area contributed by atoms with Crippen LogP contribution in [0.25, 0.3) is 10.9 Å². The number of benzene rings is 3. The second-order valence-electron chi connectivity index (χ2n) is 7.37. The Morgan fingerprint density at radius 3 is 2.68 bits per heavy atom. The standard InChI is InChI=1S/C24H18Cl2FN3O4/c1-31-20-9-16-19(28-12-29-24(16)30-15-2-3-17(25)18(26)8-15)10-21(20)34-11-13-6-14(27)7-22-23(13)33-5-4-32-22/h2-3,6-10,12H,4-5,11H2,1H3,(H,28,29,30). The lowest BCUT2D eigenvalue weighted by molar-refractivity contribution is 0.165. The largest absolute Gasteiger partial charge is 0.493 e. The normalized spacial score (nSPS) is 12.5. The van der Waals surface area contributed by atoms with Gasteiger partial charge in [0.1, 0.15) is 37.8 Å². The number of anilines is 2. The fraction of sp³-hybridized carbons (Fsp3) is 0.167. The van der Waals surface area contributed by atoms with E-state index < -0.39 is 5.82 Å². The molecular formula is C24H18Cl2FN3O4. The molecule has 7 nitrogen and oxygen atoms in total. The zero-order chi connectivity index (χ0) is 23.7. The summed E-state index contributed by atoms with van der Waals surface area (Å²) in [6, 6.07) is 11.4. The number of hydrogen-bond acceptors (Lipinski definition) is 7. The summed E-state index contributed by atoms with van der Waals surface area (Å²) in [6.07, 6.45) is 1.44. The predicted molar refractivity (Wildman–Crippen MR) is 128 cm³/mol. The second kappa shape index (κ2) is 9.40. The Labute approximate surface area is 204 Å². The Bertz CT molecular complexity index is 1390. The number of ether oxygens (including phenoxy) is 4. The first-order valence-corrected chi connectivity index (χ1v) is 11.0. The first-order chi connectivity index (χ1) is 16.5. The molecule has 0 aliphatic carbocycles. The topological polar surface area (TPSA) is 74.7 Å². The van der Waals surface area contributed by atoms with Crippen LogP contribution >= 0.6 is 23.2 Å². The van der Waals surface area contributed by atoms with Gasteiger partial charge in [-0.25, -0.2) is 14.4 Å². The van der Waals surface area contributed by atoms with Gasteiger partial charge in [0.2, 0.25) is 0 Å². The van der Waals surface area contributed by atoms with E-state index in [-0.39, 0.29) is 6.61 Å². The SMILES string of the molecule is COc1cc2c(Nc3ccc(Cl)c(Cl)c3)ncnc2cc1OCc1cc(F)cc2c1OCCO2. The van der Waals surface area contributed by atoms with Gasteiger partial charge >= 0.3 is 0 Å². The molecule has 174 valence electrons. The number of nitrogens with zero attached hydrogens (tertiary/aromatic N) is 2. The summed E-state index contributed by atoms with van der Waals surface area (Å²) in [7, 11) is 1.53. The Morgan fingerprint density at radius 2 is 1.85 bits per heavy atom. The lowest BCUT2D eigenvalue weighted by Gasteiger charge is -2.21. The third kappa shape index (κ3) is 4.47. The Morgan fingerprint density at radius 1 is 1.00 bits per heavy atom. The summed E-state index contributed by atoms with van der Waals surface area (Å²) in [5, 5.41) is 4.81. The molecule has 0 bridgehead atoms. The molecule has 1 aliphatic heterocycles. The van der Waals surface area contributed by atoms with Gasteiger partial charge in [0.25, 0.3) is 0 Å². The van der Waals surface area contributed by atoms with Gasteiger partial charge < -0.3 is 24.3 Å². The maximum Gasteiger partial charge on any atom is 0.168 e. The van der Waals surface area contributed by atoms with Crippen LogP contribution in [-0.4, -0.2) is 30.3 Å². The van der Waals surface area contributed by atoms with E-state index in [4.69, 9.17) is 42.1 Å². The number of halogens is 3. The highest BCUT2D eigenvalue weighted by Gasteiger charge is 2.19. The van der Waals surface area contributed by atoms with E-state index in [1.165, 1.54) is 25.6 Å². The van der Waals surface area contributed by atoms with E-state index in [1.807, 2.05) is 0 Å². The third-order valence-electron chi connectivity index (χ3n) is 5.17. The highest BCUT2D eigenvalue weighted by atomic mass is 35.5. The third-order valence-corrected chi connectivity index (χ3v) is 5.91. The van der Waals surface area contributed by atoms with Gasteiger partial charge in [-0.1, -0.05) is 23.2 Å². The Kier molecular flexibility index (Phi) is 6.17. The fourth-order valence-electron chi connectivity index (χ4n) is 3.60. The molecular weight excluding hydrogens is 484 g/mol. The summed E-state index contributed by atoms with van der Waals surface area (Å²) in [5.74, 6) is 1.85. The molecule has 0 spiro atoms. The van der Waals surface area contributed by atoms with E-state index in [0.717, 1.165) is 0 Å². The van der Waals surface area contributed by atoms with Gasteiger partial charge in [-0.3, -0.25) is 0 Å². The molecule has 0 fully saturated rings. The predicted octanol–water partition coefficient (Wildman–Crippen LogP) is 6.18. The smallest absolute Gasteiger partial charge is 0.168 e. The molecule has 5 rings (SSSR count). The van der Waals surface area contributed by atoms with Gasteiger partial charge in [0.05, 0.1) is 22.7 Å². The lowest BCUT2D eigenvalue weighted by Crippen LogP contribution is -2.17. The molecule has 0 radical (unpaired) electrons. The molecule has 1 N–H and O–H groups in total. The van der Waals surface area contributed by atoms with Crippen LogP contribution in [0.1, 0.15) is 5.56 Å². The van der Waals surface area contributed by atoms with Crippen molar-refractivity contribution >= 4 is 45.6 Å². The quantitative estimate of drug-likeness (QED) is 0.338. The summed E-state index contributed by atoms with van der Waals surface area (Å²) in [4.78, 5) is 8.70. The minimum absolute atomic E-state index is 0.0464. The van der Waals surface area contributed by atoms with Crippen LogP contribution in [0.4, 0.5) is 15.9 Å². The van der Waals surface area contributed by atoms with Gasteiger partial charge in [-0.2, -0.15) is 0 Å². The van der Waals surface area contributed by atoms with Crippen molar-refractivity contribution in [3.8, 4) is 23.0 Å². The van der Waals surface area contributed by atoms with Gasteiger partial charge in [0, 0.05) is 28.8 Å². The molecule has 0 saturated carbocycles. The number of rotatable bonds is 6. The van der Waals surface area contributed by atoms with Gasteiger partial charge in [-0.05, 0) is 30.3 Å². The highest BCUT2D eigenvalue weighted by Crippen LogP contribution is 2.38. The zero-order valence-corrected chi connectivity index (χ0v) is 19.4. The van der Waals surface area contributed by atoms with E-state index >= 15 is 0 Å². The molecule has 1 aromatic heterocycles. The Hall–Kier alpha value is -3.49. The van der Waals surface area contributed by atoms with Crippen LogP contribution in [0.5, 0.6) is 23.0 Å². The molecule has 0 atom stereocenters. The van der Waals surface area contributed by atoms with Crippen molar-refractivity contribution in [3.05, 3.63) is 70.2 Å². The van der Waals surface area contributed by atoms with Crippen LogP contribution in [0, 0.1) is 5.82 Å². The van der Waals surface area contributed by atoms with Crippen LogP contribution in [0.3, 0.4) is 0 Å². The van der Waals surface area contributed by atoms with Crippen LogP contribution in [0.15, 0.2) is 48.8 Å². The van der Waals surface area contributed by atoms with Gasteiger partial charge in [-0.15, -0.1) is 0 Å². The van der Waals surface area contributed by atoms with Crippen molar-refractivity contribution in [2.24, 2.45) is 0 Å². The highest BCUT2D eigenvalue weighted by molar-refractivity contribution is 6.42. The molecule has 0 amide bonds. The Balaban J connectivity index is 1.45. The van der Waals surface area contributed by atoms with E-state index in [1.54, 1.807) is 30.3 Å². The van der Waals surface area contributed by atoms with E-state index in [9.17, 15) is 4.39 Å². The summed E-state index contributed by atoms with van der Waals surface area (Å²) in [5.41, 5.74) is 1.86. The average molecular weight is 502 g/mol. The van der Waals surface area contributed by atoms with Crippen molar-refractivity contribution in [1.29, 1.82) is 0 Å². The van der Waals surface area contributed by atoms with Crippen LogP contribution in [-0.2, 0) is 6.61 Å². The van der Waals surface area contributed by atoms with Crippen molar-refractivity contribution < 1.29 is 23.3 Å². The molecule has 4 aromatic rings. The average Bonchev–Trinajstić information content (AvgIpc) is 2.84. The van der Waals surface area contributed by atoms with Crippen molar-refractivity contribution in [2.45, 2.75) is 6.61 Å². The molecule has 2 heterocycles. The van der Waals surface area contributed by atoms with Crippen molar-refractivity contribution in [3.63, 3.8) is 0 Å². The van der Waals surface area contributed by atoms with Gasteiger partial charge in [0.15, 0.2) is 23.0 Å². The maximum absolute atomic E-state index is 14.0. The molecule has 34 heavy (non-hydrogen) atoms. The number of nitrogens with one attached hydrogen (secondary N) is 1. The maximum atomic E-state index is 14.0. The monoisotopic (exact) mass is 501 g/mol. The van der Waals surface area contributed by atoms with Crippen molar-refractivity contribution in [2.75, 3.05) is 25.6 Å². The number of aromatic nitrogens is 2. The van der Waals surface area contributed by atoms with E-state index in [0.29, 0.717) is 74.2 Å². The van der Waals surface area contributed by atoms with Crippen LogP contribution < -0.4 is 24.3 Å². The number of methoxy groups -OCH3 is 1. The summed E-state index contributed by atoms with van der Waals surface area (Å²) >= 11 is 12.1. The molecule has 0 unspecified atom stereocenters. The minimum Gasteiger partial charge on any atom is -0.493 e. The molecule has 1 aliphatic rings. The second-order valence-corrected chi connectivity index (χ2v) is 8.19. The summed E-state index contributed by atoms with van der Waals surface area (Å²) < 4.78 is 36.7. The molecule has 0 saturated heterocycles. The fourth-order valence-corrected chi connectivity index (χ4v) is 3.90. The molecule has 10 heteroatoms. The van der Waals surface area contributed by atoms with E-state index in [2.05, 4.69) is 15.3 Å². The number of fused-ring (bicyclic) bond motifs is 2. The zero-order valence-electron chi connectivity index (χ0n) is 17.9.